The largest absolute Gasteiger partial charge is 0.493 e. The molecule has 3 rings (SSSR count). The van der Waals surface area contributed by atoms with Crippen molar-refractivity contribution in [2.24, 2.45) is 0 Å². The summed E-state index contributed by atoms with van der Waals surface area (Å²) in [5, 5.41) is 10.3. The second kappa shape index (κ2) is 7.03. The molecule has 0 aliphatic rings. The zero-order valence-electron chi connectivity index (χ0n) is 14.6. The fourth-order valence-electron chi connectivity index (χ4n) is 2.46. The molecule has 0 saturated heterocycles. The van der Waals surface area contributed by atoms with E-state index in [0.29, 0.717) is 22.1 Å². The highest BCUT2D eigenvalue weighted by molar-refractivity contribution is 7.15. The second-order valence-electron chi connectivity index (χ2n) is 5.54. The van der Waals surface area contributed by atoms with Gasteiger partial charge in [0, 0.05) is 18.2 Å². The minimum Gasteiger partial charge on any atom is -0.493 e. The molecule has 2 heterocycles. The fourth-order valence-corrected chi connectivity index (χ4v) is 3.33. The monoisotopic (exact) mass is 357 g/mol. The van der Waals surface area contributed by atoms with Crippen LogP contribution < -0.4 is 14.2 Å². The summed E-state index contributed by atoms with van der Waals surface area (Å²) in [7, 11) is 3.19. The summed E-state index contributed by atoms with van der Waals surface area (Å²) in [4.78, 5) is 4.98. The molecule has 0 saturated carbocycles. The third-order valence-corrected chi connectivity index (χ3v) is 5.00. The quantitative estimate of drug-likeness (QED) is 0.663. The highest BCUT2D eigenvalue weighted by atomic mass is 32.1. The van der Waals surface area contributed by atoms with Gasteiger partial charge < -0.3 is 14.2 Å². The normalized spacial score (nSPS) is 12.0. The van der Waals surface area contributed by atoms with Crippen LogP contribution in [0.25, 0.3) is 16.0 Å². The molecule has 3 aromatic rings. The van der Waals surface area contributed by atoms with Crippen molar-refractivity contribution in [3.63, 3.8) is 0 Å². The number of thiophene rings is 1. The lowest BCUT2D eigenvalue weighted by molar-refractivity contribution is 0.218. The van der Waals surface area contributed by atoms with Crippen LogP contribution in [0.15, 0.2) is 24.5 Å². The van der Waals surface area contributed by atoms with E-state index in [9.17, 15) is 5.26 Å². The van der Waals surface area contributed by atoms with Crippen LogP contribution in [0.2, 0.25) is 0 Å². The summed E-state index contributed by atoms with van der Waals surface area (Å²) in [6.07, 6.45) is 2.66. The first-order valence-electron chi connectivity index (χ1n) is 7.91. The first-order valence-corrected chi connectivity index (χ1v) is 8.72. The van der Waals surface area contributed by atoms with Gasteiger partial charge in [-0.05, 0) is 13.3 Å². The summed E-state index contributed by atoms with van der Waals surface area (Å²) in [5.74, 6) is 1.87. The maximum Gasteiger partial charge on any atom is 0.163 e. The van der Waals surface area contributed by atoms with E-state index in [0.717, 1.165) is 22.5 Å². The van der Waals surface area contributed by atoms with Crippen molar-refractivity contribution in [1.29, 1.82) is 5.26 Å². The van der Waals surface area contributed by atoms with Crippen LogP contribution in [0.1, 0.15) is 25.1 Å². The minimum absolute atomic E-state index is 0.0541. The van der Waals surface area contributed by atoms with Crippen molar-refractivity contribution < 1.29 is 14.2 Å². The smallest absolute Gasteiger partial charge is 0.163 e. The molecule has 2 aromatic heterocycles. The molecule has 0 aliphatic heterocycles. The first-order chi connectivity index (χ1) is 12.1. The molecule has 1 atom stereocenters. The zero-order valence-corrected chi connectivity index (χ0v) is 15.4. The van der Waals surface area contributed by atoms with E-state index in [1.54, 1.807) is 20.5 Å². The van der Waals surface area contributed by atoms with Gasteiger partial charge in [0.15, 0.2) is 17.2 Å². The van der Waals surface area contributed by atoms with E-state index in [2.05, 4.69) is 11.1 Å². The Balaban J connectivity index is 2.09. The number of nitriles is 1. The van der Waals surface area contributed by atoms with Crippen LogP contribution in [-0.2, 0) is 0 Å². The molecule has 1 aromatic carbocycles. The van der Waals surface area contributed by atoms with E-state index in [1.165, 1.54) is 11.3 Å². The molecule has 25 heavy (non-hydrogen) atoms. The van der Waals surface area contributed by atoms with Crippen LogP contribution in [0.3, 0.4) is 0 Å². The Morgan fingerprint density at radius 1 is 1.20 bits per heavy atom. The van der Waals surface area contributed by atoms with Crippen molar-refractivity contribution in [3.8, 4) is 28.3 Å². The van der Waals surface area contributed by atoms with Gasteiger partial charge in [0.25, 0.3) is 0 Å². The second-order valence-corrected chi connectivity index (χ2v) is 6.57. The molecular weight excluding hydrogens is 338 g/mol. The van der Waals surface area contributed by atoms with Gasteiger partial charge in [-0.25, -0.2) is 4.98 Å². The first kappa shape index (κ1) is 17.1. The number of imidazole rings is 1. The number of hydrogen-bond donors (Lipinski definition) is 0. The van der Waals surface area contributed by atoms with Crippen molar-refractivity contribution in [2.75, 3.05) is 14.2 Å². The summed E-state index contributed by atoms with van der Waals surface area (Å²) in [6, 6.07) is 7.80. The Hall–Kier alpha value is -2.72. The third kappa shape index (κ3) is 3.13. The maximum absolute atomic E-state index is 9.40. The van der Waals surface area contributed by atoms with Gasteiger partial charge in [0.1, 0.15) is 22.3 Å². The van der Waals surface area contributed by atoms with Gasteiger partial charge in [-0.3, -0.25) is 4.57 Å². The zero-order chi connectivity index (χ0) is 18.0. The number of aromatic nitrogens is 2. The van der Waals surface area contributed by atoms with Crippen LogP contribution >= 0.6 is 11.3 Å². The number of fused-ring (bicyclic) bond motifs is 1. The number of ether oxygens (including phenoxy) is 3. The lowest BCUT2D eigenvalue weighted by Gasteiger charge is -2.10. The number of nitrogens with zero attached hydrogens (tertiary/aromatic N) is 3. The average Bonchev–Trinajstić information content (AvgIpc) is 3.23. The van der Waals surface area contributed by atoms with Crippen molar-refractivity contribution >= 4 is 22.4 Å². The topological polar surface area (TPSA) is 69.3 Å². The SMILES string of the molecule is CC[C@@H](C)Oc1cc(-n2cnc3cc(OC)c(OC)cc32)sc1C#N. The number of benzene rings is 1. The fraction of sp³-hybridized carbons (Fsp3) is 0.333. The number of hydrogen-bond acceptors (Lipinski definition) is 6. The van der Waals surface area contributed by atoms with E-state index < -0.39 is 0 Å². The van der Waals surface area contributed by atoms with Gasteiger partial charge in [0.2, 0.25) is 0 Å². The Morgan fingerprint density at radius 3 is 2.56 bits per heavy atom. The average molecular weight is 357 g/mol. The van der Waals surface area contributed by atoms with Gasteiger partial charge in [0.05, 0.1) is 31.4 Å². The highest BCUT2D eigenvalue weighted by Gasteiger charge is 2.17. The Labute approximate surface area is 150 Å². The van der Waals surface area contributed by atoms with Crippen LogP contribution in [0.4, 0.5) is 0 Å². The summed E-state index contributed by atoms with van der Waals surface area (Å²) in [5.41, 5.74) is 1.66. The van der Waals surface area contributed by atoms with Crippen molar-refractivity contribution in [2.45, 2.75) is 26.4 Å². The molecule has 0 N–H and O–H groups in total. The van der Waals surface area contributed by atoms with Crippen LogP contribution in [0, 0.1) is 11.3 Å². The lowest BCUT2D eigenvalue weighted by Crippen LogP contribution is -2.09. The molecular formula is C18H19N3O3S. The van der Waals surface area contributed by atoms with E-state index in [-0.39, 0.29) is 6.10 Å². The molecule has 0 radical (unpaired) electrons. The molecule has 0 bridgehead atoms. The Kier molecular flexibility index (Phi) is 4.81. The molecule has 0 aliphatic carbocycles. The molecule has 7 heteroatoms. The van der Waals surface area contributed by atoms with E-state index in [1.807, 2.05) is 36.6 Å². The predicted molar refractivity (Wildman–Crippen MR) is 97.1 cm³/mol. The Morgan fingerprint density at radius 2 is 1.92 bits per heavy atom. The van der Waals surface area contributed by atoms with Crippen molar-refractivity contribution in [3.05, 3.63) is 29.4 Å². The number of rotatable bonds is 6. The minimum atomic E-state index is 0.0541. The maximum atomic E-state index is 9.40. The molecule has 0 amide bonds. The summed E-state index contributed by atoms with van der Waals surface area (Å²) < 4.78 is 18.5. The van der Waals surface area contributed by atoms with Gasteiger partial charge in [-0.1, -0.05) is 6.92 Å². The van der Waals surface area contributed by atoms with Gasteiger partial charge in [-0.2, -0.15) is 5.26 Å². The standard InChI is InChI=1S/C18H19N3O3S/c1-5-11(2)24-16-8-18(25-17(16)9-19)21-10-20-12-6-14(22-3)15(23-4)7-13(12)21/h6-8,10-11H,5H2,1-4H3/t11-/m1/s1. The van der Waals surface area contributed by atoms with Crippen LogP contribution in [0.5, 0.6) is 17.2 Å². The van der Waals surface area contributed by atoms with Crippen LogP contribution in [-0.4, -0.2) is 29.9 Å². The molecule has 6 nitrogen and oxygen atoms in total. The lowest BCUT2D eigenvalue weighted by atomic mass is 10.2. The van der Waals surface area contributed by atoms with Crippen molar-refractivity contribution in [1.82, 2.24) is 9.55 Å². The number of methoxy groups -OCH3 is 2. The summed E-state index contributed by atoms with van der Waals surface area (Å²) in [6.45, 7) is 4.04. The third-order valence-electron chi connectivity index (χ3n) is 3.98. The summed E-state index contributed by atoms with van der Waals surface area (Å²) >= 11 is 1.37. The molecule has 0 spiro atoms. The van der Waals surface area contributed by atoms with E-state index in [4.69, 9.17) is 14.2 Å². The molecule has 0 unspecified atom stereocenters. The highest BCUT2D eigenvalue weighted by Crippen LogP contribution is 2.36. The molecule has 0 fully saturated rings. The Bertz CT molecular complexity index is 939. The molecule has 130 valence electrons. The van der Waals surface area contributed by atoms with Gasteiger partial charge in [-0.15, -0.1) is 11.3 Å². The van der Waals surface area contributed by atoms with E-state index >= 15 is 0 Å². The predicted octanol–water partition coefficient (Wildman–Crippen LogP) is 4.15. The van der Waals surface area contributed by atoms with Gasteiger partial charge >= 0.3 is 0 Å².